The molecule has 0 saturated heterocycles. The molecule has 0 aliphatic carbocycles. The Morgan fingerprint density at radius 2 is 1.82 bits per heavy atom. The van der Waals surface area contributed by atoms with E-state index in [9.17, 15) is 22.4 Å². The van der Waals surface area contributed by atoms with Crippen LogP contribution >= 0.6 is 0 Å². The molecule has 0 radical (unpaired) electrons. The van der Waals surface area contributed by atoms with Crippen molar-refractivity contribution in [2.24, 2.45) is 7.05 Å². The first kappa shape index (κ1) is 22.6. The molecule has 2 N–H and O–H groups in total. The number of aryl methyl sites for hydroxylation is 1. The fraction of sp³-hybridized carbons (Fsp3) is 0.0952. The summed E-state index contributed by atoms with van der Waals surface area (Å²) in [5, 5.41) is 12.2. The predicted molar refractivity (Wildman–Crippen MR) is 113 cm³/mol. The maximum absolute atomic E-state index is 14.5. The minimum Gasteiger partial charge on any atom is -0.457 e. The Morgan fingerprint density at radius 1 is 1.03 bits per heavy atom. The molecule has 13 heteroatoms. The van der Waals surface area contributed by atoms with Crippen LogP contribution in [-0.2, 0) is 13.2 Å². The highest BCUT2D eigenvalue weighted by Gasteiger charge is 2.31. The van der Waals surface area contributed by atoms with Gasteiger partial charge in [-0.05, 0) is 24.3 Å². The van der Waals surface area contributed by atoms with Gasteiger partial charge in [0.2, 0.25) is 0 Å². The van der Waals surface area contributed by atoms with Crippen molar-refractivity contribution < 1.29 is 27.1 Å². The lowest BCUT2D eigenvalue weighted by Crippen LogP contribution is -2.20. The summed E-state index contributed by atoms with van der Waals surface area (Å²) in [5.74, 6) is -0.314. The lowest BCUT2D eigenvalue weighted by Gasteiger charge is -2.12. The Bertz CT molecular complexity index is 1340. The fourth-order valence-electron chi connectivity index (χ4n) is 2.82. The van der Waals surface area contributed by atoms with Crippen LogP contribution in [0.2, 0.25) is 0 Å². The molecular weight excluding hydrogens is 458 g/mol. The number of benzene rings is 1. The Balaban J connectivity index is 1.42. The van der Waals surface area contributed by atoms with Gasteiger partial charge in [0, 0.05) is 31.6 Å². The molecule has 0 bridgehead atoms. The smallest absolute Gasteiger partial charge is 0.417 e. The zero-order valence-corrected chi connectivity index (χ0v) is 17.3. The number of carbonyl (C=O) groups is 1. The number of alkyl halides is 3. The maximum Gasteiger partial charge on any atom is 0.417 e. The molecule has 0 unspecified atom stereocenters. The average Bonchev–Trinajstić information content (AvgIpc) is 3.22. The molecule has 2 amide bonds. The number of anilines is 2. The zero-order valence-electron chi connectivity index (χ0n) is 17.3. The van der Waals surface area contributed by atoms with Crippen molar-refractivity contribution in [3.8, 4) is 22.9 Å². The molecule has 9 nitrogen and oxygen atoms in total. The van der Waals surface area contributed by atoms with Gasteiger partial charge in [0.25, 0.3) is 0 Å². The normalized spacial score (nSPS) is 11.2. The molecule has 1 aromatic carbocycles. The van der Waals surface area contributed by atoms with E-state index in [4.69, 9.17) is 4.74 Å². The largest absolute Gasteiger partial charge is 0.457 e. The minimum absolute atomic E-state index is 0.141. The van der Waals surface area contributed by atoms with Crippen molar-refractivity contribution in [3.05, 3.63) is 72.6 Å². The first-order chi connectivity index (χ1) is 16.2. The van der Waals surface area contributed by atoms with E-state index in [0.717, 1.165) is 12.3 Å². The summed E-state index contributed by atoms with van der Waals surface area (Å²) < 4.78 is 60.0. The summed E-state index contributed by atoms with van der Waals surface area (Å²) in [5.41, 5.74) is -0.411. The highest BCUT2D eigenvalue weighted by molar-refractivity contribution is 5.99. The second-order valence-electron chi connectivity index (χ2n) is 6.94. The monoisotopic (exact) mass is 473 g/mol. The van der Waals surface area contributed by atoms with Gasteiger partial charge in [0.1, 0.15) is 23.0 Å². The molecule has 4 aromatic rings. The Kier molecular flexibility index (Phi) is 6.08. The number of hydrogen-bond donors (Lipinski definition) is 2. The van der Waals surface area contributed by atoms with Crippen LogP contribution in [0.15, 0.2) is 61.2 Å². The van der Waals surface area contributed by atoms with Crippen LogP contribution in [0.3, 0.4) is 0 Å². The summed E-state index contributed by atoms with van der Waals surface area (Å²) in [6, 6.07) is 6.64. The van der Waals surface area contributed by atoms with E-state index in [1.54, 1.807) is 25.4 Å². The highest BCUT2D eigenvalue weighted by Crippen LogP contribution is 2.30. The van der Waals surface area contributed by atoms with E-state index >= 15 is 0 Å². The van der Waals surface area contributed by atoms with Gasteiger partial charge >= 0.3 is 12.2 Å². The minimum atomic E-state index is -4.62. The molecule has 3 aromatic heterocycles. The lowest BCUT2D eigenvalue weighted by molar-refractivity contribution is -0.137. The topological polar surface area (TPSA) is 107 Å². The molecular formula is C21H15F4N7O2. The van der Waals surface area contributed by atoms with E-state index < -0.39 is 23.6 Å². The van der Waals surface area contributed by atoms with Crippen LogP contribution < -0.4 is 15.4 Å². The first-order valence-corrected chi connectivity index (χ1v) is 9.58. The van der Waals surface area contributed by atoms with E-state index in [0.29, 0.717) is 29.4 Å². The number of carbonyl (C=O) groups excluding carboxylic acids is 1. The Morgan fingerprint density at radius 3 is 2.53 bits per heavy atom. The number of hydrogen-bond acceptors (Lipinski definition) is 6. The van der Waals surface area contributed by atoms with Crippen LogP contribution in [0.25, 0.3) is 11.4 Å². The molecule has 3 heterocycles. The van der Waals surface area contributed by atoms with Crippen molar-refractivity contribution in [2.75, 3.05) is 10.6 Å². The highest BCUT2D eigenvalue weighted by atomic mass is 19.4. The summed E-state index contributed by atoms with van der Waals surface area (Å²) >= 11 is 0. The van der Waals surface area contributed by atoms with Crippen molar-refractivity contribution in [1.82, 2.24) is 25.0 Å². The summed E-state index contributed by atoms with van der Waals surface area (Å²) in [6.45, 7) is 0. The molecule has 0 aliphatic rings. The van der Waals surface area contributed by atoms with Crippen LogP contribution in [0.4, 0.5) is 33.7 Å². The predicted octanol–water partition coefficient (Wildman–Crippen LogP) is 4.87. The van der Waals surface area contributed by atoms with Crippen molar-refractivity contribution in [1.29, 1.82) is 0 Å². The van der Waals surface area contributed by atoms with E-state index in [-0.39, 0.29) is 17.1 Å². The summed E-state index contributed by atoms with van der Waals surface area (Å²) in [4.78, 5) is 19.7. The van der Waals surface area contributed by atoms with Gasteiger partial charge in [-0.1, -0.05) is 5.21 Å². The number of rotatable bonds is 5. The van der Waals surface area contributed by atoms with E-state index in [1.807, 2.05) is 0 Å². The maximum atomic E-state index is 14.5. The van der Waals surface area contributed by atoms with Crippen LogP contribution in [0.1, 0.15) is 5.56 Å². The number of amides is 2. The number of nitrogens with zero attached hydrogens (tertiary/aromatic N) is 5. The molecule has 0 spiro atoms. The van der Waals surface area contributed by atoms with Gasteiger partial charge in [-0.2, -0.15) is 13.2 Å². The van der Waals surface area contributed by atoms with Crippen molar-refractivity contribution >= 4 is 17.4 Å². The summed E-state index contributed by atoms with van der Waals surface area (Å²) in [6.07, 6.45) is 0.213. The number of halogens is 4. The number of pyridine rings is 2. The molecule has 4 rings (SSSR count). The van der Waals surface area contributed by atoms with Gasteiger partial charge < -0.3 is 15.4 Å². The Hall–Kier alpha value is -4.55. The number of nitrogens with one attached hydrogen (secondary N) is 2. The van der Waals surface area contributed by atoms with Gasteiger partial charge in [0.05, 0.1) is 35.0 Å². The summed E-state index contributed by atoms with van der Waals surface area (Å²) in [7, 11) is 1.71. The second-order valence-corrected chi connectivity index (χ2v) is 6.94. The molecule has 34 heavy (non-hydrogen) atoms. The van der Waals surface area contributed by atoms with Crippen molar-refractivity contribution in [3.63, 3.8) is 0 Å². The molecule has 0 saturated carbocycles. The zero-order chi connectivity index (χ0) is 24.3. The van der Waals surface area contributed by atoms with Gasteiger partial charge in [0.15, 0.2) is 0 Å². The van der Waals surface area contributed by atoms with E-state index in [2.05, 4.69) is 30.9 Å². The lowest BCUT2D eigenvalue weighted by atomic mass is 10.2. The SMILES string of the molecule is Cn1cc(-c2cc(Oc3ccc(NC(=O)Nc4cncc(C(F)(F)F)c4)c(F)c3)ccn2)nn1. The van der Waals surface area contributed by atoms with Gasteiger partial charge in [-0.25, -0.2) is 9.18 Å². The van der Waals surface area contributed by atoms with Crippen LogP contribution in [-0.4, -0.2) is 31.0 Å². The average molecular weight is 473 g/mol. The molecule has 0 aliphatic heterocycles. The van der Waals surface area contributed by atoms with Gasteiger partial charge in [-0.3, -0.25) is 14.6 Å². The third-order valence-corrected chi connectivity index (χ3v) is 4.34. The van der Waals surface area contributed by atoms with Crippen LogP contribution in [0, 0.1) is 5.82 Å². The molecule has 0 fully saturated rings. The Labute approximate surface area is 189 Å². The van der Waals surface area contributed by atoms with Crippen LogP contribution in [0.5, 0.6) is 11.5 Å². The number of ether oxygens (including phenoxy) is 1. The third-order valence-electron chi connectivity index (χ3n) is 4.34. The van der Waals surface area contributed by atoms with Gasteiger partial charge in [-0.15, -0.1) is 5.10 Å². The molecule has 174 valence electrons. The first-order valence-electron chi connectivity index (χ1n) is 9.58. The second kappa shape index (κ2) is 9.13. The van der Waals surface area contributed by atoms with E-state index in [1.165, 1.54) is 23.0 Å². The number of aromatic nitrogens is 5. The number of urea groups is 1. The standard InChI is InChI=1S/C21H15F4N7O2/c1-32-11-19(30-31-32)18-8-15(4-5-27-18)34-14-2-3-17(16(22)7-14)29-20(33)28-13-6-12(9-26-10-13)21(23,24)25/h2-11H,1H3,(H2,28,29,33). The van der Waals surface area contributed by atoms with Crippen molar-refractivity contribution in [2.45, 2.75) is 6.18 Å². The quantitative estimate of drug-likeness (QED) is 0.401. The molecule has 0 atom stereocenters. The fourth-order valence-corrected chi connectivity index (χ4v) is 2.82. The third kappa shape index (κ3) is 5.43.